The molecule has 0 amide bonds. The van der Waals surface area contributed by atoms with Crippen LogP contribution in [0.5, 0.6) is 0 Å². The van der Waals surface area contributed by atoms with Crippen molar-refractivity contribution in [2.24, 2.45) is 0 Å². The van der Waals surface area contributed by atoms with Crippen molar-refractivity contribution in [2.45, 2.75) is 18.0 Å². The van der Waals surface area contributed by atoms with Gasteiger partial charge in [-0.15, -0.1) is 0 Å². The molecule has 0 aliphatic rings. The van der Waals surface area contributed by atoms with E-state index in [-0.39, 0.29) is 0 Å². The summed E-state index contributed by atoms with van der Waals surface area (Å²) in [6.45, 7) is 1.60. The summed E-state index contributed by atoms with van der Waals surface area (Å²) in [5, 5.41) is 0. The smallest absolute Gasteiger partial charge is 0.166 e. The minimum absolute atomic E-state index is 0.411. The van der Waals surface area contributed by atoms with Gasteiger partial charge in [-0.05, 0) is 52.3 Å². The van der Waals surface area contributed by atoms with Crippen molar-refractivity contribution >= 4 is 21.7 Å². The summed E-state index contributed by atoms with van der Waals surface area (Å²) in [5.74, 6) is 0. The Morgan fingerprint density at radius 3 is 2.31 bits per heavy atom. The van der Waals surface area contributed by atoms with Crippen molar-refractivity contribution in [1.82, 2.24) is 0 Å². The Kier molecular flexibility index (Phi) is 3.14. The maximum Gasteiger partial charge on any atom is 0.416 e. The number of aryl methyl sites for hydroxylation is 1. The van der Waals surface area contributed by atoms with Crippen molar-refractivity contribution in [2.75, 3.05) is 0 Å². The highest BCUT2D eigenvalue weighted by atomic mass is 35.7. The highest BCUT2D eigenvalue weighted by molar-refractivity contribution is 8.21. The average molecular weight is 227 g/mol. The molecule has 1 aromatic rings. The average Bonchev–Trinajstić information content (AvgIpc) is 2.01. The number of benzene rings is 1. The van der Waals surface area contributed by atoms with Gasteiger partial charge in [0.05, 0.1) is 5.56 Å². The zero-order valence-electron chi connectivity index (χ0n) is 6.65. The zero-order chi connectivity index (χ0) is 10.1. The van der Waals surface area contributed by atoms with Crippen LogP contribution in [-0.2, 0) is 6.18 Å². The zero-order valence-corrected chi connectivity index (χ0v) is 8.22. The van der Waals surface area contributed by atoms with Crippen molar-refractivity contribution < 1.29 is 13.2 Å². The summed E-state index contributed by atoms with van der Waals surface area (Å²) in [6, 6.07) is 3.73. The van der Waals surface area contributed by atoms with Gasteiger partial charge >= 0.3 is 6.18 Å². The predicted molar refractivity (Wildman–Crippen MR) is 47.9 cm³/mol. The Morgan fingerprint density at radius 2 is 1.85 bits per heavy atom. The molecule has 0 heterocycles. The molecule has 0 aliphatic heterocycles. The van der Waals surface area contributed by atoms with Gasteiger partial charge in [0.2, 0.25) is 0 Å². The third kappa shape index (κ3) is 2.81. The second-order valence-corrected chi connectivity index (χ2v) is 3.70. The summed E-state index contributed by atoms with van der Waals surface area (Å²) in [5.41, 5.74) is -0.103. The lowest BCUT2D eigenvalue weighted by Crippen LogP contribution is -2.05. The number of rotatable bonds is 1. The van der Waals surface area contributed by atoms with Crippen molar-refractivity contribution in [3.8, 4) is 0 Å². The molecule has 0 radical (unpaired) electrons. The normalized spacial score (nSPS) is 11.8. The fourth-order valence-electron chi connectivity index (χ4n) is 0.956. The summed E-state index contributed by atoms with van der Waals surface area (Å²) < 4.78 is 36.7. The van der Waals surface area contributed by atoms with E-state index in [1.807, 2.05) is 0 Å². The Bertz CT molecular complexity index is 309. The number of hydrogen-bond acceptors (Lipinski definition) is 1. The molecule has 1 aromatic carbocycles. The van der Waals surface area contributed by atoms with Crippen LogP contribution >= 0.6 is 21.7 Å². The van der Waals surface area contributed by atoms with Crippen LogP contribution in [0.2, 0.25) is 0 Å². The van der Waals surface area contributed by atoms with Crippen LogP contribution < -0.4 is 0 Å². The predicted octanol–water partition coefficient (Wildman–Crippen LogP) is 4.26. The largest absolute Gasteiger partial charge is 0.416 e. The fourth-order valence-corrected chi connectivity index (χ4v) is 1.63. The molecule has 0 aromatic heterocycles. The quantitative estimate of drug-likeness (QED) is 0.690. The Hall–Kier alpha value is -0.350. The van der Waals surface area contributed by atoms with Crippen molar-refractivity contribution in [3.05, 3.63) is 29.3 Å². The van der Waals surface area contributed by atoms with Crippen LogP contribution in [0, 0.1) is 6.92 Å². The second kappa shape index (κ2) is 3.80. The molecule has 0 saturated heterocycles. The molecule has 1 rings (SSSR count). The third-order valence-electron chi connectivity index (χ3n) is 1.47. The van der Waals surface area contributed by atoms with Crippen LogP contribution in [0.4, 0.5) is 13.2 Å². The molecule has 0 bridgehead atoms. The number of hydrogen-bond donors (Lipinski definition) is 0. The summed E-state index contributed by atoms with van der Waals surface area (Å²) in [7, 11) is 6.16. The lowest BCUT2D eigenvalue weighted by atomic mass is 10.1. The lowest BCUT2D eigenvalue weighted by Gasteiger charge is -2.08. The standard InChI is InChI=1S/C8H6ClF3S/c1-5-2-6(8(10,11)12)4-7(3-5)13-9/h2-4H,1H3. The first-order valence-electron chi connectivity index (χ1n) is 3.41. The monoisotopic (exact) mass is 226 g/mol. The van der Waals surface area contributed by atoms with E-state index in [1.165, 1.54) is 0 Å². The van der Waals surface area contributed by atoms with Crippen LogP contribution in [0.3, 0.4) is 0 Å². The van der Waals surface area contributed by atoms with E-state index < -0.39 is 11.7 Å². The highest BCUT2D eigenvalue weighted by Crippen LogP contribution is 2.33. The molecule has 0 atom stereocenters. The molecule has 0 fully saturated rings. The molecule has 0 saturated carbocycles. The van der Waals surface area contributed by atoms with Gasteiger partial charge in [-0.2, -0.15) is 13.2 Å². The van der Waals surface area contributed by atoms with E-state index in [1.54, 1.807) is 13.0 Å². The van der Waals surface area contributed by atoms with E-state index in [2.05, 4.69) is 0 Å². The first-order valence-corrected chi connectivity index (χ1v) is 5.05. The molecule has 5 heteroatoms. The van der Waals surface area contributed by atoms with Gasteiger partial charge in [-0.3, -0.25) is 0 Å². The second-order valence-electron chi connectivity index (χ2n) is 2.61. The van der Waals surface area contributed by atoms with Crippen molar-refractivity contribution in [3.63, 3.8) is 0 Å². The minimum Gasteiger partial charge on any atom is -0.166 e. The lowest BCUT2D eigenvalue weighted by molar-refractivity contribution is -0.137. The van der Waals surface area contributed by atoms with Crippen LogP contribution in [0.1, 0.15) is 11.1 Å². The van der Waals surface area contributed by atoms with E-state index in [4.69, 9.17) is 10.7 Å². The molecule has 0 spiro atoms. The van der Waals surface area contributed by atoms with Gasteiger partial charge in [-0.1, -0.05) is 0 Å². The first-order chi connectivity index (χ1) is 5.93. The van der Waals surface area contributed by atoms with E-state index in [0.29, 0.717) is 10.5 Å². The molecule has 0 aliphatic carbocycles. The van der Waals surface area contributed by atoms with Gasteiger partial charge in [0.15, 0.2) is 0 Å². The van der Waals surface area contributed by atoms with Gasteiger partial charge in [0, 0.05) is 4.90 Å². The summed E-state index contributed by atoms with van der Waals surface area (Å²) >= 11 is 0. The Labute approximate surface area is 82.6 Å². The van der Waals surface area contributed by atoms with Crippen molar-refractivity contribution in [1.29, 1.82) is 0 Å². The van der Waals surface area contributed by atoms with Crippen LogP contribution in [0.15, 0.2) is 23.1 Å². The number of alkyl halides is 3. The first kappa shape index (κ1) is 10.7. The molecule has 0 N–H and O–H groups in total. The molecule has 0 unspecified atom stereocenters. The maximum absolute atomic E-state index is 12.2. The van der Waals surface area contributed by atoms with E-state index in [0.717, 1.165) is 23.1 Å². The third-order valence-corrected chi connectivity index (χ3v) is 2.42. The highest BCUT2D eigenvalue weighted by Gasteiger charge is 2.30. The fraction of sp³-hybridized carbons (Fsp3) is 0.250. The topological polar surface area (TPSA) is 0 Å². The molecular formula is C8H6ClF3S. The summed E-state index contributed by atoms with van der Waals surface area (Å²) in [4.78, 5) is 0.411. The van der Waals surface area contributed by atoms with Gasteiger partial charge in [-0.25, -0.2) is 0 Å². The van der Waals surface area contributed by atoms with Gasteiger partial charge < -0.3 is 0 Å². The molecule has 13 heavy (non-hydrogen) atoms. The Balaban J connectivity index is 3.16. The molecule has 72 valence electrons. The minimum atomic E-state index is -4.30. The molecule has 0 nitrogen and oxygen atoms in total. The van der Waals surface area contributed by atoms with E-state index in [9.17, 15) is 13.2 Å². The Morgan fingerprint density at radius 1 is 1.23 bits per heavy atom. The maximum atomic E-state index is 12.2. The summed E-state index contributed by atoms with van der Waals surface area (Å²) in [6.07, 6.45) is -4.30. The van der Waals surface area contributed by atoms with Crippen LogP contribution in [0.25, 0.3) is 0 Å². The van der Waals surface area contributed by atoms with E-state index >= 15 is 0 Å². The van der Waals surface area contributed by atoms with Gasteiger partial charge in [0.1, 0.15) is 0 Å². The van der Waals surface area contributed by atoms with Gasteiger partial charge in [0.25, 0.3) is 0 Å². The van der Waals surface area contributed by atoms with Crippen LogP contribution in [-0.4, -0.2) is 0 Å². The number of halogens is 4. The molecular weight excluding hydrogens is 221 g/mol. The SMILES string of the molecule is Cc1cc(SCl)cc(C(F)(F)F)c1.